The summed E-state index contributed by atoms with van der Waals surface area (Å²) in [4.78, 5) is 24.0. The first-order chi connectivity index (χ1) is 7.41. The lowest BCUT2D eigenvalue weighted by molar-refractivity contribution is -0.140. The van der Waals surface area contributed by atoms with Gasteiger partial charge in [0.15, 0.2) is 0 Å². The molecule has 1 unspecified atom stereocenters. The number of carboxylic acids is 1. The van der Waals surface area contributed by atoms with E-state index in [1.807, 2.05) is 0 Å². The Hall–Kier alpha value is -1.30. The summed E-state index contributed by atoms with van der Waals surface area (Å²) in [5, 5.41) is 20.6. The Bertz CT molecular complexity index is 280. The van der Waals surface area contributed by atoms with Crippen LogP contribution in [0.5, 0.6) is 0 Å². The second kappa shape index (κ2) is 5.16. The Labute approximate surface area is 94.2 Å². The number of likely N-dealkylation sites (tertiary alicyclic amines) is 1. The van der Waals surface area contributed by atoms with Crippen LogP contribution in [0.25, 0.3) is 0 Å². The molecule has 0 spiro atoms. The molecule has 6 heteroatoms. The molecule has 0 saturated carbocycles. The summed E-state index contributed by atoms with van der Waals surface area (Å²) in [6.45, 7) is 4.21. The van der Waals surface area contributed by atoms with E-state index in [2.05, 4.69) is 5.32 Å². The van der Waals surface area contributed by atoms with Crippen molar-refractivity contribution in [2.45, 2.75) is 32.4 Å². The summed E-state index contributed by atoms with van der Waals surface area (Å²) in [7, 11) is 0. The SMILES string of the molecule is CC(C)[C@@H](NC(=O)N1CCC(O)C1)C(=O)O. The van der Waals surface area contributed by atoms with Crippen LogP contribution in [0.2, 0.25) is 0 Å². The highest BCUT2D eigenvalue weighted by Crippen LogP contribution is 2.10. The Balaban J connectivity index is 2.52. The van der Waals surface area contributed by atoms with Crippen molar-refractivity contribution in [3.8, 4) is 0 Å². The van der Waals surface area contributed by atoms with Crippen LogP contribution < -0.4 is 5.32 Å². The number of rotatable bonds is 3. The van der Waals surface area contributed by atoms with Crippen LogP contribution in [0.1, 0.15) is 20.3 Å². The van der Waals surface area contributed by atoms with E-state index in [1.54, 1.807) is 13.8 Å². The summed E-state index contributed by atoms with van der Waals surface area (Å²) in [5.74, 6) is -1.21. The van der Waals surface area contributed by atoms with Gasteiger partial charge in [-0.1, -0.05) is 13.8 Å². The predicted molar refractivity (Wildman–Crippen MR) is 57.0 cm³/mol. The molecule has 1 saturated heterocycles. The second-order valence-corrected chi connectivity index (χ2v) is 4.40. The molecule has 1 rings (SSSR count). The lowest BCUT2D eigenvalue weighted by Crippen LogP contribution is -2.49. The van der Waals surface area contributed by atoms with Crippen molar-refractivity contribution in [1.82, 2.24) is 10.2 Å². The molecule has 1 aliphatic heterocycles. The number of carbonyl (C=O) groups excluding carboxylic acids is 1. The summed E-state index contributed by atoms with van der Waals surface area (Å²) >= 11 is 0. The largest absolute Gasteiger partial charge is 0.480 e. The molecule has 2 atom stereocenters. The molecule has 0 aliphatic carbocycles. The molecule has 0 radical (unpaired) electrons. The zero-order valence-electron chi connectivity index (χ0n) is 9.51. The number of aliphatic carboxylic acids is 1. The normalized spacial score (nSPS) is 22.2. The number of β-amino-alcohol motifs (C(OH)–C–C–N with tert-alkyl or cyclic N) is 1. The topological polar surface area (TPSA) is 89.9 Å². The van der Waals surface area contributed by atoms with Crippen LogP contribution in [0, 0.1) is 5.92 Å². The standard InChI is InChI=1S/C10H18N2O4/c1-6(2)8(9(14)15)11-10(16)12-4-3-7(13)5-12/h6-8,13H,3-5H2,1-2H3,(H,11,16)(H,14,15)/t7?,8-/m1/s1. The monoisotopic (exact) mass is 230 g/mol. The van der Waals surface area contributed by atoms with Crippen LogP contribution >= 0.6 is 0 Å². The predicted octanol–water partition coefficient (Wildman–Crippen LogP) is -0.128. The van der Waals surface area contributed by atoms with Gasteiger partial charge in [-0.25, -0.2) is 9.59 Å². The van der Waals surface area contributed by atoms with Crippen molar-refractivity contribution in [2.24, 2.45) is 5.92 Å². The average molecular weight is 230 g/mol. The number of carbonyl (C=O) groups is 2. The minimum absolute atomic E-state index is 0.172. The maximum Gasteiger partial charge on any atom is 0.326 e. The maximum absolute atomic E-state index is 11.7. The summed E-state index contributed by atoms with van der Waals surface area (Å²) in [6.07, 6.45) is 0.0559. The average Bonchev–Trinajstić information content (AvgIpc) is 2.59. The van der Waals surface area contributed by atoms with Gasteiger partial charge in [-0.3, -0.25) is 0 Å². The van der Waals surface area contributed by atoms with Crippen molar-refractivity contribution >= 4 is 12.0 Å². The number of hydrogen-bond donors (Lipinski definition) is 3. The highest BCUT2D eigenvalue weighted by atomic mass is 16.4. The van der Waals surface area contributed by atoms with Crippen molar-refractivity contribution in [3.05, 3.63) is 0 Å². The van der Waals surface area contributed by atoms with E-state index in [-0.39, 0.29) is 12.5 Å². The Morgan fingerprint density at radius 2 is 2.06 bits per heavy atom. The first kappa shape index (κ1) is 12.8. The van der Waals surface area contributed by atoms with Gasteiger partial charge in [-0.05, 0) is 12.3 Å². The van der Waals surface area contributed by atoms with E-state index in [4.69, 9.17) is 5.11 Å². The van der Waals surface area contributed by atoms with Gasteiger partial charge < -0.3 is 20.4 Å². The van der Waals surface area contributed by atoms with Gasteiger partial charge in [0.05, 0.1) is 6.10 Å². The van der Waals surface area contributed by atoms with Gasteiger partial charge in [-0.15, -0.1) is 0 Å². The van der Waals surface area contributed by atoms with Gasteiger partial charge in [0.2, 0.25) is 0 Å². The lowest BCUT2D eigenvalue weighted by atomic mass is 10.1. The molecule has 2 amide bonds. The second-order valence-electron chi connectivity index (χ2n) is 4.40. The number of nitrogens with one attached hydrogen (secondary N) is 1. The van der Waals surface area contributed by atoms with E-state index in [9.17, 15) is 14.7 Å². The van der Waals surface area contributed by atoms with E-state index in [0.29, 0.717) is 13.0 Å². The van der Waals surface area contributed by atoms with E-state index >= 15 is 0 Å². The third kappa shape index (κ3) is 3.10. The molecule has 0 aromatic heterocycles. The van der Waals surface area contributed by atoms with Crippen molar-refractivity contribution in [1.29, 1.82) is 0 Å². The molecule has 0 aromatic carbocycles. The third-order valence-corrected chi connectivity index (χ3v) is 2.66. The van der Waals surface area contributed by atoms with Crippen LogP contribution in [0.15, 0.2) is 0 Å². The fraction of sp³-hybridized carbons (Fsp3) is 0.800. The molecule has 16 heavy (non-hydrogen) atoms. The van der Waals surface area contributed by atoms with E-state index < -0.39 is 24.1 Å². The Morgan fingerprint density at radius 1 is 1.44 bits per heavy atom. The fourth-order valence-electron chi connectivity index (χ4n) is 1.66. The molecular weight excluding hydrogens is 212 g/mol. The molecule has 0 bridgehead atoms. The fourth-order valence-corrected chi connectivity index (χ4v) is 1.66. The summed E-state index contributed by atoms with van der Waals surface area (Å²) < 4.78 is 0. The molecule has 1 aliphatic rings. The van der Waals surface area contributed by atoms with Crippen LogP contribution in [0.3, 0.4) is 0 Å². The molecule has 0 aromatic rings. The number of amides is 2. The minimum atomic E-state index is -1.04. The first-order valence-electron chi connectivity index (χ1n) is 5.38. The van der Waals surface area contributed by atoms with Gasteiger partial charge in [0.25, 0.3) is 0 Å². The first-order valence-corrected chi connectivity index (χ1v) is 5.38. The van der Waals surface area contributed by atoms with Gasteiger partial charge in [0, 0.05) is 13.1 Å². The maximum atomic E-state index is 11.7. The number of nitrogens with zero attached hydrogens (tertiary/aromatic N) is 1. The zero-order valence-corrected chi connectivity index (χ0v) is 9.51. The molecule has 3 N–H and O–H groups in total. The molecule has 92 valence electrons. The number of aliphatic hydroxyl groups excluding tert-OH is 1. The number of hydrogen-bond acceptors (Lipinski definition) is 3. The highest BCUT2D eigenvalue weighted by molar-refractivity contribution is 5.82. The van der Waals surface area contributed by atoms with Gasteiger partial charge in [-0.2, -0.15) is 0 Å². The Kier molecular flexibility index (Phi) is 4.12. The van der Waals surface area contributed by atoms with Crippen molar-refractivity contribution < 1.29 is 19.8 Å². The smallest absolute Gasteiger partial charge is 0.326 e. The number of carboxylic acid groups (broad SMARTS) is 1. The van der Waals surface area contributed by atoms with Crippen LogP contribution in [-0.4, -0.2) is 52.3 Å². The molecule has 1 fully saturated rings. The third-order valence-electron chi connectivity index (χ3n) is 2.66. The molecule has 1 heterocycles. The van der Waals surface area contributed by atoms with Crippen LogP contribution in [-0.2, 0) is 4.79 Å². The Morgan fingerprint density at radius 3 is 2.44 bits per heavy atom. The number of urea groups is 1. The van der Waals surface area contributed by atoms with Crippen molar-refractivity contribution in [3.63, 3.8) is 0 Å². The zero-order chi connectivity index (χ0) is 12.3. The van der Waals surface area contributed by atoms with E-state index in [1.165, 1.54) is 4.90 Å². The summed E-state index contributed by atoms with van der Waals surface area (Å²) in [5.41, 5.74) is 0. The lowest BCUT2D eigenvalue weighted by Gasteiger charge is -2.22. The van der Waals surface area contributed by atoms with E-state index in [0.717, 1.165) is 0 Å². The van der Waals surface area contributed by atoms with Crippen molar-refractivity contribution in [2.75, 3.05) is 13.1 Å². The molecule has 6 nitrogen and oxygen atoms in total. The quantitative estimate of drug-likeness (QED) is 0.630. The number of aliphatic hydroxyl groups is 1. The van der Waals surface area contributed by atoms with Gasteiger partial charge >= 0.3 is 12.0 Å². The molecular formula is C10H18N2O4. The highest BCUT2D eigenvalue weighted by Gasteiger charge is 2.29. The van der Waals surface area contributed by atoms with Gasteiger partial charge in [0.1, 0.15) is 6.04 Å². The minimum Gasteiger partial charge on any atom is -0.480 e. The summed E-state index contributed by atoms with van der Waals surface area (Å²) in [6, 6.07) is -1.30. The van der Waals surface area contributed by atoms with Crippen LogP contribution in [0.4, 0.5) is 4.79 Å².